The third kappa shape index (κ3) is 2.29. The Bertz CT molecular complexity index is 630. The van der Waals surface area contributed by atoms with E-state index >= 15 is 0 Å². The number of aromatic amines is 1. The number of hydrogen-bond donors (Lipinski definition) is 1. The van der Waals surface area contributed by atoms with E-state index in [-0.39, 0.29) is 17.7 Å². The molecule has 1 amide bonds. The number of amides is 1. The second-order valence-electron chi connectivity index (χ2n) is 5.07. The number of carbonyl (C=O) groups excluding carboxylic acids is 2. The standard InChI is InChI=1S/C15H16N2O2S/c1-10(18)12-7-13(16-8-12)15(19)17-5-2-3-14(17)11-4-6-20-9-11/h4,6-9,14,16H,2-3,5H2,1H3/t14-/m0/s1. The number of hydrogen-bond acceptors (Lipinski definition) is 3. The molecular formula is C15H16N2O2S. The minimum atomic E-state index is -0.0314. The van der Waals surface area contributed by atoms with E-state index in [0.29, 0.717) is 11.3 Å². The maximum atomic E-state index is 12.6. The largest absolute Gasteiger partial charge is 0.356 e. The molecule has 1 aliphatic heterocycles. The van der Waals surface area contributed by atoms with Crippen LogP contribution in [0.25, 0.3) is 0 Å². The molecule has 0 unspecified atom stereocenters. The molecular weight excluding hydrogens is 272 g/mol. The Kier molecular flexibility index (Phi) is 3.44. The van der Waals surface area contributed by atoms with E-state index in [1.807, 2.05) is 10.3 Å². The summed E-state index contributed by atoms with van der Waals surface area (Å²) < 4.78 is 0. The highest BCUT2D eigenvalue weighted by Crippen LogP contribution is 2.34. The number of thiophene rings is 1. The number of likely N-dealkylation sites (tertiary alicyclic amines) is 1. The van der Waals surface area contributed by atoms with Gasteiger partial charge in [-0.3, -0.25) is 9.59 Å². The highest BCUT2D eigenvalue weighted by Gasteiger charge is 2.31. The number of H-pyrrole nitrogens is 1. The molecule has 0 bridgehead atoms. The van der Waals surface area contributed by atoms with Crippen molar-refractivity contribution in [2.75, 3.05) is 6.54 Å². The molecule has 104 valence electrons. The number of aromatic nitrogens is 1. The zero-order valence-corrected chi connectivity index (χ0v) is 12.1. The van der Waals surface area contributed by atoms with Crippen molar-refractivity contribution in [1.29, 1.82) is 0 Å². The van der Waals surface area contributed by atoms with Gasteiger partial charge in [0.2, 0.25) is 0 Å². The Labute approximate surface area is 121 Å². The molecule has 1 fully saturated rings. The first-order chi connectivity index (χ1) is 9.66. The number of rotatable bonds is 3. The van der Waals surface area contributed by atoms with Crippen molar-refractivity contribution in [2.45, 2.75) is 25.8 Å². The number of Topliss-reactive ketones (excluding diaryl/α,β-unsaturated/α-hetero) is 1. The van der Waals surface area contributed by atoms with Crippen molar-refractivity contribution in [3.63, 3.8) is 0 Å². The van der Waals surface area contributed by atoms with Crippen molar-refractivity contribution < 1.29 is 9.59 Å². The highest BCUT2D eigenvalue weighted by molar-refractivity contribution is 7.07. The fraction of sp³-hybridized carbons (Fsp3) is 0.333. The Morgan fingerprint density at radius 3 is 2.95 bits per heavy atom. The van der Waals surface area contributed by atoms with E-state index in [1.54, 1.807) is 23.6 Å². The summed E-state index contributed by atoms with van der Waals surface area (Å²) in [5, 5.41) is 4.14. The summed E-state index contributed by atoms with van der Waals surface area (Å²) >= 11 is 1.65. The summed E-state index contributed by atoms with van der Waals surface area (Å²) in [7, 11) is 0. The minimum Gasteiger partial charge on any atom is -0.356 e. The van der Waals surface area contributed by atoms with Crippen LogP contribution < -0.4 is 0 Å². The van der Waals surface area contributed by atoms with Crippen LogP contribution in [0.2, 0.25) is 0 Å². The zero-order chi connectivity index (χ0) is 14.1. The molecule has 2 aromatic heterocycles. The van der Waals surface area contributed by atoms with Gasteiger partial charge in [0.25, 0.3) is 5.91 Å². The van der Waals surface area contributed by atoms with Gasteiger partial charge in [0.15, 0.2) is 5.78 Å². The molecule has 1 N–H and O–H groups in total. The van der Waals surface area contributed by atoms with Gasteiger partial charge < -0.3 is 9.88 Å². The normalized spacial score (nSPS) is 18.4. The molecule has 20 heavy (non-hydrogen) atoms. The van der Waals surface area contributed by atoms with Gasteiger partial charge in [0.1, 0.15) is 5.69 Å². The van der Waals surface area contributed by atoms with E-state index < -0.39 is 0 Å². The van der Waals surface area contributed by atoms with Crippen molar-refractivity contribution in [3.05, 3.63) is 45.9 Å². The second-order valence-corrected chi connectivity index (χ2v) is 5.85. The summed E-state index contributed by atoms with van der Waals surface area (Å²) in [6.45, 7) is 2.27. The molecule has 3 heterocycles. The second kappa shape index (κ2) is 5.25. The molecule has 1 atom stereocenters. The summed E-state index contributed by atoms with van der Waals surface area (Å²) in [6, 6.07) is 3.89. The van der Waals surface area contributed by atoms with Crippen LogP contribution in [0.1, 0.15) is 52.2 Å². The Hall–Kier alpha value is -1.88. The average Bonchev–Trinajstić information content (AvgIpc) is 3.17. The lowest BCUT2D eigenvalue weighted by atomic mass is 10.1. The van der Waals surface area contributed by atoms with Gasteiger partial charge in [0.05, 0.1) is 6.04 Å². The van der Waals surface area contributed by atoms with Crippen LogP contribution in [0.3, 0.4) is 0 Å². The molecule has 0 aromatic carbocycles. The first-order valence-corrected chi connectivity index (χ1v) is 7.63. The quantitative estimate of drug-likeness (QED) is 0.881. The molecule has 2 aromatic rings. The van der Waals surface area contributed by atoms with Crippen LogP contribution in [-0.4, -0.2) is 28.1 Å². The lowest BCUT2D eigenvalue weighted by molar-refractivity contribution is 0.0730. The lowest BCUT2D eigenvalue weighted by Gasteiger charge is -2.23. The molecule has 0 spiro atoms. The molecule has 4 nitrogen and oxygen atoms in total. The van der Waals surface area contributed by atoms with Crippen LogP contribution >= 0.6 is 11.3 Å². The van der Waals surface area contributed by atoms with Crippen molar-refractivity contribution in [2.24, 2.45) is 0 Å². The molecule has 1 aliphatic rings. The Morgan fingerprint density at radius 1 is 1.45 bits per heavy atom. The van der Waals surface area contributed by atoms with Gasteiger partial charge in [0, 0.05) is 18.3 Å². The van der Waals surface area contributed by atoms with E-state index in [1.165, 1.54) is 12.5 Å². The van der Waals surface area contributed by atoms with Crippen LogP contribution in [0.5, 0.6) is 0 Å². The summed E-state index contributed by atoms with van der Waals surface area (Å²) in [5.74, 6) is -0.0534. The Balaban J connectivity index is 1.83. The predicted molar refractivity (Wildman–Crippen MR) is 78.1 cm³/mol. The molecule has 0 aliphatic carbocycles. The van der Waals surface area contributed by atoms with Gasteiger partial charge >= 0.3 is 0 Å². The molecule has 5 heteroatoms. The van der Waals surface area contributed by atoms with Crippen LogP contribution in [0, 0.1) is 0 Å². The van der Waals surface area contributed by atoms with Crippen molar-refractivity contribution in [1.82, 2.24) is 9.88 Å². The van der Waals surface area contributed by atoms with Gasteiger partial charge in [-0.05, 0) is 48.2 Å². The SMILES string of the molecule is CC(=O)c1c[nH]c(C(=O)N2CCC[C@H]2c2ccsc2)c1. The number of carbonyl (C=O) groups is 2. The van der Waals surface area contributed by atoms with Crippen LogP contribution in [-0.2, 0) is 0 Å². The molecule has 3 rings (SSSR count). The molecule has 1 saturated heterocycles. The Morgan fingerprint density at radius 2 is 2.30 bits per heavy atom. The van der Waals surface area contributed by atoms with Gasteiger partial charge in [-0.25, -0.2) is 0 Å². The predicted octanol–water partition coefficient (Wildman–Crippen LogP) is 3.26. The first kappa shape index (κ1) is 13.1. The molecule has 0 saturated carbocycles. The van der Waals surface area contributed by atoms with Crippen molar-refractivity contribution in [3.8, 4) is 0 Å². The third-order valence-electron chi connectivity index (χ3n) is 3.76. The smallest absolute Gasteiger partial charge is 0.270 e. The number of ketones is 1. The van der Waals surface area contributed by atoms with Gasteiger partial charge in [-0.1, -0.05) is 0 Å². The zero-order valence-electron chi connectivity index (χ0n) is 11.3. The maximum absolute atomic E-state index is 12.6. The molecule has 0 radical (unpaired) electrons. The van der Waals surface area contributed by atoms with Crippen LogP contribution in [0.4, 0.5) is 0 Å². The topological polar surface area (TPSA) is 53.2 Å². The first-order valence-electron chi connectivity index (χ1n) is 6.69. The van der Waals surface area contributed by atoms with E-state index in [4.69, 9.17) is 0 Å². The minimum absolute atomic E-state index is 0.0220. The summed E-state index contributed by atoms with van der Waals surface area (Å²) in [5.41, 5.74) is 2.26. The maximum Gasteiger partial charge on any atom is 0.270 e. The monoisotopic (exact) mass is 288 g/mol. The summed E-state index contributed by atoms with van der Waals surface area (Å²) in [6.07, 6.45) is 3.63. The third-order valence-corrected chi connectivity index (χ3v) is 4.46. The van der Waals surface area contributed by atoms with E-state index in [2.05, 4.69) is 16.4 Å². The number of nitrogens with zero attached hydrogens (tertiary/aromatic N) is 1. The van der Waals surface area contributed by atoms with E-state index in [9.17, 15) is 9.59 Å². The van der Waals surface area contributed by atoms with E-state index in [0.717, 1.165) is 19.4 Å². The lowest BCUT2D eigenvalue weighted by Crippen LogP contribution is -2.30. The number of nitrogens with one attached hydrogen (secondary N) is 1. The fourth-order valence-electron chi connectivity index (χ4n) is 2.70. The van der Waals surface area contributed by atoms with Gasteiger partial charge in [-0.15, -0.1) is 0 Å². The van der Waals surface area contributed by atoms with Crippen molar-refractivity contribution >= 4 is 23.0 Å². The van der Waals surface area contributed by atoms with Gasteiger partial charge in [-0.2, -0.15) is 11.3 Å². The summed E-state index contributed by atoms with van der Waals surface area (Å²) in [4.78, 5) is 28.7. The fourth-order valence-corrected chi connectivity index (χ4v) is 3.40. The van der Waals surface area contributed by atoms with Crippen LogP contribution in [0.15, 0.2) is 29.1 Å². The highest BCUT2D eigenvalue weighted by atomic mass is 32.1. The average molecular weight is 288 g/mol.